The van der Waals surface area contributed by atoms with Gasteiger partial charge in [-0.1, -0.05) is 69.1 Å². The molecule has 4 nitrogen and oxygen atoms in total. The Hall–Kier alpha value is -2.37. The van der Waals surface area contributed by atoms with Crippen molar-refractivity contribution in [1.82, 2.24) is 14.5 Å². The molecule has 0 radical (unpaired) electrons. The summed E-state index contributed by atoms with van der Waals surface area (Å²) in [5.74, 6) is 1.73. The van der Waals surface area contributed by atoms with Crippen LogP contribution in [0.1, 0.15) is 56.9 Å². The number of imidazole rings is 1. The standard InChI is InChI=1S/C28H37ClFN3O/c1-6-7-15-33-26(27(29)31-28(33)24-11-9-8-10-21(24)4)19-32(16-14-20(2)3)18-22-12-13-23(34-5)17-25(22)30/h8-13,17,20H,6-7,14-16,18-19H2,1-5H3. The summed E-state index contributed by atoms with van der Waals surface area (Å²) < 4.78 is 22.2. The summed E-state index contributed by atoms with van der Waals surface area (Å²) in [4.78, 5) is 7.08. The lowest BCUT2D eigenvalue weighted by atomic mass is 10.1. The normalized spacial score (nSPS) is 11.6. The molecule has 0 saturated heterocycles. The van der Waals surface area contributed by atoms with Gasteiger partial charge < -0.3 is 9.30 Å². The molecule has 0 fully saturated rings. The highest BCUT2D eigenvalue weighted by atomic mass is 35.5. The third-order valence-electron chi connectivity index (χ3n) is 6.20. The topological polar surface area (TPSA) is 30.3 Å². The van der Waals surface area contributed by atoms with Crippen LogP contribution in [-0.2, 0) is 19.6 Å². The van der Waals surface area contributed by atoms with Gasteiger partial charge in [0.1, 0.15) is 17.4 Å². The van der Waals surface area contributed by atoms with Gasteiger partial charge in [0.25, 0.3) is 0 Å². The van der Waals surface area contributed by atoms with E-state index in [0.29, 0.717) is 35.5 Å². The second-order valence-electron chi connectivity index (χ2n) is 9.34. The molecule has 0 N–H and O–H groups in total. The lowest BCUT2D eigenvalue weighted by Gasteiger charge is -2.25. The summed E-state index contributed by atoms with van der Waals surface area (Å²) in [7, 11) is 1.55. The maximum atomic E-state index is 14.8. The molecule has 0 aliphatic heterocycles. The Labute approximate surface area is 208 Å². The molecule has 0 saturated carbocycles. The lowest BCUT2D eigenvalue weighted by Crippen LogP contribution is -2.27. The minimum atomic E-state index is -0.250. The van der Waals surface area contributed by atoms with Crippen LogP contribution >= 0.6 is 11.6 Å². The molecule has 3 rings (SSSR count). The van der Waals surface area contributed by atoms with Crippen molar-refractivity contribution >= 4 is 11.6 Å². The Bertz CT molecular complexity index is 1080. The van der Waals surface area contributed by atoms with Gasteiger partial charge in [0, 0.05) is 36.8 Å². The van der Waals surface area contributed by atoms with Crippen molar-refractivity contribution in [2.24, 2.45) is 5.92 Å². The van der Waals surface area contributed by atoms with Gasteiger partial charge in [-0.25, -0.2) is 9.37 Å². The molecular formula is C28H37ClFN3O. The number of unbranched alkanes of at least 4 members (excludes halogenated alkanes) is 1. The maximum absolute atomic E-state index is 14.8. The molecule has 6 heteroatoms. The van der Waals surface area contributed by atoms with Crippen LogP contribution in [0, 0.1) is 18.7 Å². The van der Waals surface area contributed by atoms with E-state index in [-0.39, 0.29) is 5.82 Å². The molecule has 34 heavy (non-hydrogen) atoms. The number of hydrogen-bond acceptors (Lipinski definition) is 3. The Morgan fingerprint density at radius 3 is 2.56 bits per heavy atom. The van der Waals surface area contributed by atoms with E-state index in [1.807, 2.05) is 24.3 Å². The zero-order valence-electron chi connectivity index (χ0n) is 21.1. The van der Waals surface area contributed by atoms with Gasteiger partial charge in [0.15, 0.2) is 5.15 Å². The van der Waals surface area contributed by atoms with E-state index in [2.05, 4.69) is 49.3 Å². The summed E-state index contributed by atoms with van der Waals surface area (Å²) in [6, 6.07) is 13.4. The summed E-state index contributed by atoms with van der Waals surface area (Å²) in [6.45, 7) is 11.5. The fourth-order valence-electron chi connectivity index (χ4n) is 4.08. The number of ether oxygens (including phenoxy) is 1. The van der Waals surface area contributed by atoms with Crippen LogP contribution in [0.15, 0.2) is 42.5 Å². The summed E-state index contributed by atoms with van der Waals surface area (Å²) in [5.41, 5.74) is 3.91. The van der Waals surface area contributed by atoms with E-state index in [1.54, 1.807) is 7.11 Å². The van der Waals surface area contributed by atoms with Gasteiger partial charge in [0.2, 0.25) is 0 Å². The van der Waals surface area contributed by atoms with Gasteiger partial charge in [-0.3, -0.25) is 4.90 Å². The van der Waals surface area contributed by atoms with Crippen molar-refractivity contribution in [2.45, 2.75) is 66.6 Å². The molecule has 2 aromatic carbocycles. The summed E-state index contributed by atoms with van der Waals surface area (Å²) >= 11 is 6.76. The predicted octanol–water partition coefficient (Wildman–Crippen LogP) is 7.51. The van der Waals surface area contributed by atoms with Crippen molar-refractivity contribution in [3.63, 3.8) is 0 Å². The Kier molecular flexibility index (Phi) is 9.54. The van der Waals surface area contributed by atoms with Crippen molar-refractivity contribution in [3.05, 3.63) is 70.3 Å². The number of halogens is 2. The van der Waals surface area contributed by atoms with E-state index in [9.17, 15) is 4.39 Å². The van der Waals surface area contributed by atoms with Gasteiger partial charge in [-0.15, -0.1) is 0 Å². The van der Waals surface area contributed by atoms with Crippen LogP contribution in [0.5, 0.6) is 5.75 Å². The van der Waals surface area contributed by atoms with E-state index >= 15 is 0 Å². The Morgan fingerprint density at radius 1 is 1.15 bits per heavy atom. The minimum absolute atomic E-state index is 0.250. The Morgan fingerprint density at radius 2 is 1.91 bits per heavy atom. The number of rotatable bonds is 12. The molecule has 3 aromatic rings. The number of aromatic nitrogens is 2. The van der Waals surface area contributed by atoms with Crippen LogP contribution in [0.2, 0.25) is 5.15 Å². The highest BCUT2D eigenvalue weighted by molar-refractivity contribution is 6.30. The first-order valence-electron chi connectivity index (χ1n) is 12.2. The highest BCUT2D eigenvalue weighted by Gasteiger charge is 2.21. The molecule has 0 amide bonds. The van der Waals surface area contributed by atoms with Crippen molar-refractivity contribution in [1.29, 1.82) is 0 Å². The first-order valence-corrected chi connectivity index (χ1v) is 12.6. The summed E-state index contributed by atoms with van der Waals surface area (Å²) in [5, 5.41) is 0.527. The molecule has 0 aliphatic carbocycles. The minimum Gasteiger partial charge on any atom is -0.497 e. The fourth-order valence-corrected chi connectivity index (χ4v) is 4.33. The second kappa shape index (κ2) is 12.4. The zero-order chi connectivity index (χ0) is 24.7. The average molecular weight is 486 g/mol. The number of methoxy groups -OCH3 is 1. The largest absolute Gasteiger partial charge is 0.497 e. The molecule has 0 aliphatic rings. The maximum Gasteiger partial charge on any atom is 0.152 e. The van der Waals surface area contributed by atoms with Crippen LogP contribution in [-0.4, -0.2) is 28.1 Å². The molecular weight excluding hydrogens is 449 g/mol. The van der Waals surface area contributed by atoms with Gasteiger partial charge in [0.05, 0.1) is 12.8 Å². The van der Waals surface area contributed by atoms with Crippen molar-refractivity contribution < 1.29 is 9.13 Å². The number of hydrogen-bond donors (Lipinski definition) is 0. The average Bonchev–Trinajstić information content (AvgIpc) is 3.12. The third kappa shape index (κ3) is 6.61. The predicted molar refractivity (Wildman–Crippen MR) is 139 cm³/mol. The van der Waals surface area contributed by atoms with Crippen LogP contribution < -0.4 is 4.74 Å². The van der Waals surface area contributed by atoms with Crippen LogP contribution in [0.4, 0.5) is 4.39 Å². The van der Waals surface area contributed by atoms with Crippen LogP contribution in [0.3, 0.4) is 0 Å². The van der Waals surface area contributed by atoms with Crippen molar-refractivity contribution in [3.8, 4) is 17.1 Å². The zero-order valence-corrected chi connectivity index (χ0v) is 21.8. The van der Waals surface area contributed by atoms with E-state index < -0.39 is 0 Å². The monoisotopic (exact) mass is 485 g/mol. The van der Waals surface area contributed by atoms with Gasteiger partial charge in [-0.05, 0) is 43.9 Å². The SMILES string of the molecule is CCCCn1c(-c2ccccc2C)nc(Cl)c1CN(CCC(C)C)Cc1ccc(OC)cc1F. The van der Waals surface area contributed by atoms with E-state index in [4.69, 9.17) is 21.3 Å². The molecule has 1 heterocycles. The number of aryl methyl sites for hydroxylation is 1. The first kappa shape index (κ1) is 26.2. The third-order valence-corrected chi connectivity index (χ3v) is 6.50. The van der Waals surface area contributed by atoms with Gasteiger partial charge >= 0.3 is 0 Å². The van der Waals surface area contributed by atoms with Crippen LogP contribution in [0.25, 0.3) is 11.4 Å². The number of nitrogens with zero attached hydrogens (tertiary/aromatic N) is 3. The van der Waals surface area contributed by atoms with Gasteiger partial charge in [-0.2, -0.15) is 0 Å². The summed E-state index contributed by atoms with van der Waals surface area (Å²) in [6.07, 6.45) is 3.14. The molecule has 0 spiro atoms. The van der Waals surface area contributed by atoms with E-state index in [1.165, 1.54) is 11.6 Å². The quantitative estimate of drug-likeness (QED) is 0.266. The van der Waals surface area contributed by atoms with E-state index in [0.717, 1.165) is 49.4 Å². The molecule has 0 atom stereocenters. The first-order chi connectivity index (χ1) is 16.3. The molecule has 1 aromatic heterocycles. The highest BCUT2D eigenvalue weighted by Crippen LogP contribution is 2.30. The van der Waals surface area contributed by atoms with Crippen molar-refractivity contribution in [2.75, 3.05) is 13.7 Å². The second-order valence-corrected chi connectivity index (χ2v) is 9.70. The molecule has 0 bridgehead atoms. The molecule has 184 valence electrons. The molecule has 0 unspecified atom stereocenters. The fraction of sp³-hybridized carbons (Fsp3) is 0.464. The lowest BCUT2D eigenvalue weighted by molar-refractivity contribution is 0.232. The number of benzene rings is 2. The smallest absolute Gasteiger partial charge is 0.152 e. The Balaban J connectivity index is 1.96.